The monoisotopic (exact) mass is 348 g/mol. The minimum atomic E-state index is -0.0163. The molecule has 4 heteroatoms. The minimum absolute atomic E-state index is 0.0163. The van der Waals surface area contributed by atoms with Crippen LogP contribution in [0.25, 0.3) is 0 Å². The van der Waals surface area contributed by atoms with Crippen molar-refractivity contribution in [3.63, 3.8) is 0 Å². The predicted octanol–water partition coefficient (Wildman–Crippen LogP) is 4.26. The van der Waals surface area contributed by atoms with E-state index >= 15 is 0 Å². The number of hydrogen-bond acceptors (Lipinski definition) is 3. The molecular weight excluding hydrogens is 324 g/mol. The number of aryl methyl sites for hydroxylation is 2. The van der Waals surface area contributed by atoms with Gasteiger partial charge in [-0.05, 0) is 43.0 Å². The first kappa shape index (κ1) is 16.8. The van der Waals surface area contributed by atoms with E-state index < -0.39 is 0 Å². The Morgan fingerprint density at radius 3 is 2.69 bits per heavy atom. The molecule has 0 bridgehead atoms. The molecular formula is C22H24N2O2. The zero-order valence-electron chi connectivity index (χ0n) is 15.5. The topological polar surface area (TPSA) is 41.9 Å². The summed E-state index contributed by atoms with van der Waals surface area (Å²) < 4.78 is 5.41. The summed E-state index contributed by atoms with van der Waals surface area (Å²) in [6, 6.07) is 14.7. The van der Waals surface area contributed by atoms with Crippen molar-refractivity contribution in [1.29, 1.82) is 0 Å². The maximum absolute atomic E-state index is 12.6. The van der Waals surface area contributed by atoms with Crippen LogP contribution in [-0.2, 0) is 11.2 Å². The maximum atomic E-state index is 12.6. The number of ether oxygens (including phenoxy) is 1. The largest absolute Gasteiger partial charge is 0.497 e. The van der Waals surface area contributed by atoms with E-state index in [1.807, 2.05) is 13.0 Å². The summed E-state index contributed by atoms with van der Waals surface area (Å²) in [6.45, 7) is 3.98. The van der Waals surface area contributed by atoms with Gasteiger partial charge in [0.05, 0.1) is 18.9 Å². The third-order valence-electron chi connectivity index (χ3n) is 5.51. The first-order chi connectivity index (χ1) is 12.6. The van der Waals surface area contributed by atoms with Crippen molar-refractivity contribution in [3.8, 4) is 5.75 Å². The highest BCUT2D eigenvalue weighted by atomic mass is 16.5. The number of nitrogens with zero attached hydrogens (tertiary/aromatic N) is 2. The lowest BCUT2D eigenvalue weighted by Gasteiger charge is -2.29. The van der Waals surface area contributed by atoms with Crippen LogP contribution in [0.15, 0.2) is 47.6 Å². The Morgan fingerprint density at radius 2 is 2.00 bits per heavy atom. The number of carbonyl (C=O) groups excluding carboxylic acids is 1. The maximum Gasteiger partial charge on any atom is 0.242 e. The smallest absolute Gasteiger partial charge is 0.242 e. The molecule has 0 radical (unpaired) electrons. The summed E-state index contributed by atoms with van der Waals surface area (Å²) >= 11 is 0. The van der Waals surface area contributed by atoms with E-state index in [0.717, 1.165) is 35.4 Å². The van der Waals surface area contributed by atoms with Crippen LogP contribution in [0.1, 0.15) is 48.1 Å². The third kappa shape index (κ3) is 2.70. The molecule has 0 aromatic heterocycles. The van der Waals surface area contributed by atoms with Crippen LogP contribution in [0.2, 0.25) is 0 Å². The number of hydrazone groups is 1. The summed E-state index contributed by atoms with van der Waals surface area (Å²) in [4.78, 5) is 12.6. The molecule has 0 saturated heterocycles. The Hall–Kier alpha value is -2.62. The van der Waals surface area contributed by atoms with E-state index in [4.69, 9.17) is 9.84 Å². The van der Waals surface area contributed by atoms with Gasteiger partial charge in [0.2, 0.25) is 5.91 Å². The van der Waals surface area contributed by atoms with E-state index in [2.05, 4.69) is 43.3 Å². The second-order valence-electron chi connectivity index (χ2n) is 7.10. The summed E-state index contributed by atoms with van der Waals surface area (Å²) in [6.07, 6.45) is 2.46. The molecule has 4 rings (SSSR count). The molecule has 0 fully saturated rings. The predicted molar refractivity (Wildman–Crippen MR) is 102 cm³/mol. The third-order valence-corrected chi connectivity index (χ3v) is 5.51. The molecule has 134 valence electrons. The second-order valence-corrected chi connectivity index (χ2v) is 7.10. The van der Waals surface area contributed by atoms with Gasteiger partial charge in [-0.3, -0.25) is 4.79 Å². The molecule has 1 heterocycles. The fourth-order valence-corrected chi connectivity index (χ4v) is 4.08. The van der Waals surface area contributed by atoms with E-state index in [0.29, 0.717) is 6.42 Å². The highest BCUT2D eigenvalue weighted by molar-refractivity contribution is 6.07. The van der Waals surface area contributed by atoms with Crippen LogP contribution in [-0.4, -0.2) is 23.7 Å². The zero-order valence-corrected chi connectivity index (χ0v) is 15.5. The fraction of sp³-hybridized carbons (Fsp3) is 0.364. The molecule has 26 heavy (non-hydrogen) atoms. The second kappa shape index (κ2) is 6.60. The Labute approximate surface area is 154 Å². The van der Waals surface area contributed by atoms with Gasteiger partial charge in [0.15, 0.2) is 0 Å². The Balaban J connectivity index is 1.80. The van der Waals surface area contributed by atoms with Crippen molar-refractivity contribution in [2.75, 3.05) is 7.11 Å². The van der Waals surface area contributed by atoms with E-state index in [1.54, 1.807) is 12.1 Å². The summed E-state index contributed by atoms with van der Waals surface area (Å²) in [5.74, 6) is 1.13. The number of amides is 1. The molecule has 0 saturated carbocycles. The summed E-state index contributed by atoms with van der Waals surface area (Å²) in [7, 11) is 1.68. The van der Waals surface area contributed by atoms with Crippen molar-refractivity contribution < 1.29 is 9.53 Å². The van der Waals surface area contributed by atoms with Gasteiger partial charge in [-0.2, -0.15) is 5.10 Å². The normalized spacial score (nSPS) is 21.0. The van der Waals surface area contributed by atoms with Crippen molar-refractivity contribution >= 4 is 11.6 Å². The van der Waals surface area contributed by atoms with Gasteiger partial charge in [-0.15, -0.1) is 0 Å². The number of benzene rings is 2. The van der Waals surface area contributed by atoms with Crippen LogP contribution in [0.4, 0.5) is 0 Å². The Bertz CT molecular complexity index is 870. The molecule has 2 aromatic rings. The molecule has 0 unspecified atom stereocenters. The minimum Gasteiger partial charge on any atom is -0.497 e. The van der Waals surface area contributed by atoms with Gasteiger partial charge in [-0.25, -0.2) is 5.01 Å². The van der Waals surface area contributed by atoms with Gasteiger partial charge >= 0.3 is 0 Å². The molecule has 1 aliphatic heterocycles. The fourth-order valence-electron chi connectivity index (χ4n) is 4.08. The SMILES string of the molecule is CCC(=O)N1N=C2c3cc(OC)ccc3CC[C@H]2[C@H]1c1ccc(C)cc1. The number of rotatable bonds is 3. The molecule has 2 aliphatic rings. The number of hydrogen-bond donors (Lipinski definition) is 0. The van der Waals surface area contributed by atoms with E-state index in [1.165, 1.54) is 11.1 Å². The van der Waals surface area contributed by atoms with Gasteiger partial charge < -0.3 is 4.74 Å². The van der Waals surface area contributed by atoms with Gasteiger partial charge in [0.25, 0.3) is 0 Å². The van der Waals surface area contributed by atoms with Gasteiger partial charge in [-0.1, -0.05) is 42.8 Å². The molecule has 2 aromatic carbocycles. The summed E-state index contributed by atoms with van der Waals surface area (Å²) in [5, 5.41) is 6.54. The molecule has 2 atom stereocenters. The standard InChI is InChI=1S/C22H24N2O2/c1-4-20(25)24-22(16-7-5-14(2)6-8-16)18-12-10-15-9-11-17(26-3)13-19(15)21(18)23-24/h5-9,11,13,18,22H,4,10,12H2,1-3H3/t18-,22-/m1/s1. The van der Waals surface area contributed by atoms with Crippen molar-refractivity contribution in [2.45, 2.75) is 39.2 Å². The van der Waals surface area contributed by atoms with Gasteiger partial charge in [0.1, 0.15) is 5.75 Å². The van der Waals surface area contributed by atoms with Crippen LogP contribution >= 0.6 is 0 Å². The number of fused-ring (bicyclic) bond motifs is 3. The van der Waals surface area contributed by atoms with E-state index in [9.17, 15) is 4.79 Å². The molecule has 0 N–H and O–H groups in total. The molecule has 4 nitrogen and oxygen atoms in total. The van der Waals surface area contributed by atoms with Gasteiger partial charge in [0, 0.05) is 17.9 Å². The molecule has 0 spiro atoms. The summed E-state index contributed by atoms with van der Waals surface area (Å²) in [5.41, 5.74) is 5.82. The highest BCUT2D eigenvalue weighted by Gasteiger charge is 2.43. The van der Waals surface area contributed by atoms with Crippen LogP contribution < -0.4 is 4.74 Å². The zero-order chi connectivity index (χ0) is 18.3. The van der Waals surface area contributed by atoms with Crippen LogP contribution in [0.3, 0.4) is 0 Å². The lowest BCUT2D eigenvalue weighted by atomic mass is 9.77. The molecule has 1 aliphatic carbocycles. The van der Waals surface area contributed by atoms with E-state index in [-0.39, 0.29) is 17.9 Å². The molecule has 1 amide bonds. The van der Waals surface area contributed by atoms with Crippen LogP contribution in [0.5, 0.6) is 5.75 Å². The Morgan fingerprint density at radius 1 is 1.23 bits per heavy atom. The average molecular weight is 348 g/mol. The number of carbonyl (C=O) groups is 1. The highest BCUT2D eigenvalue weighted by Crippen LogP contribution is 2.44. The quantitative estimate of drug-likeness (QED) is 0.831. The van der Waals surface area contributed by atoms with Crippen molar-refractivity contribution in [2.24, 2.45) is 11.0 Å². The first-order valence-electron chi connectivity index (χ1n) is 9.26. The number of methoxy groups -OCH3 is 1. The Kier molecular flexibility index (Phi) is 4.27. The lowest BCUT2D eigenvalue weighted by Crippen LogP contribution is -2.31. The lowest BCUT2D eigenvalue weighted by molar-refractivity contribution is -0.133. The van der Waals surface area contributed by atoms with Crippen molar-refractivity contribution in [3.05, 3.63) is 64.7 Å². The first-order valence-corrected chi connectivity index (χ1v) is 9.26. The average Bonchev–Trinajstić information content (AvgIpc) is 3.07. The van der Waals surface area contributed by atoms with Crippen molar-refractivity contribution in [1.82, 2.24) is 5.01 Å². The van der Waals surface area contributed by atoms with Crippen LogP contribution in [0, 0.1) is 12.8 Å².